The molecule has 3 aromatic carbocycles. The summed E-state index contributed by atoms with van der Waals surface area (Å²) < 4.78 is 3.60. The Morgan fingerprint density at radius 1 is 0.900 bits per heavy atom. The number of hydrogen-bond donors (Lipinski definition) is 0. The summed E-state index contributed by atoms with van der Waals surface area (Å²) in [7, 11) is 0. The molecular formula is C17H8BrNS. The van der Waals surface area contributed by atoms with Gasteiger partial charge in [0.05, 0.1) is 11.6 Å². The van der Waals surface area contributed by atoms with E-state index < -0.39 is 0 Å². The van der Waals surface area contributed by atoms with Gasteiger partial charge in [-0.05, 0) is 35.7 Å². The number of fused-ring (bicyclic) bond motifs is 5. The number of hydrogen-bond acceptors (Lipinski definition) is 2. The van der Waals surface area contributed by atoms with E-state index in [1.165, 1.54) is 30.9 Å². The lowest BCUT2D eigenvalue weighted by Gasteiger charge is -2.00. The first-order valence-corrected chi connectivity index (χ1v) is 7.82. The second-order valence-corrected chi connectivity index (χ2v) is 6.70. The molecule has 0 unspecified atom stereocenters. The van der Waals surface area contributed by atoms with Crippen LogP contribution in [0, 0.1) is 11.3 Å². The molecule has 20 heavy (non-hydrogen) atoms. The molecule has 0 fully saturated rings. The van der Waals surface area contributed by atoms with E-state index in [-0.39, 0.29) is 0 Å². The zero-order valence-corrected chi connectivity index (χ0v) is 12.8. The average molecular weight is 338 g/mol. The fourth-order valence-electron chi connectivity index (χ4n) is 2.60. The van der Waals surface area contributed by atoms with Crippen LogP contribution in [0.1, 0.15) is 5.56 Å². The number of rotatable bonds is 0. The minimum atomic E-state index is 0.714. The Morgan fingerprint density at radius 3 is 2.60 bits per heavy atom. The van der Waals surface area contributed by atoms with Gasteiger partial charge in [-0.15, -0.1) is 11.3 Å². The average Bonchev–Trinajstić information content (AvgIpc) is 2.85. The van der Waals surface area contributed by atoms with Gasteiger partial charge in [0.15, 0.2) is 0 Å². The summed E-state index contributed by atoms with van der Waals surface area (Å²) in [6, 6.07) is 18.8. The van der Waals surface area contributed by atoms with E-state index in [9.17, 15) is 0 Å². The highest BCUT2D eigenvalue weighted by atomic mass is 79.9. The summed E-state index contributed by atoms with van der Waals surface area (Å²) >= 11 is 5.34. The van der Waals surface area contributed by atoms with E-state index >= 15 is 0 Å². The Labute approximate surface area is 128 Å². The van der Waals surface area contributed by atoms with E-state index in [0.717, 1.165) is 4.47 Å². The van der Waals surface area contributed by atoms with E-state index in [1.54, 1.807) is 11.3 Å². The van der Waals surface area contributed by atoms with Crippen LogP contribution in [0.2, 0.25) is 0 Å². The molecule has 0 saturated heterocycles. The molecule has 0 atom stereocenters. The molecule has 4 aromatic rings. The summed E-state index contributed by atoms with van der Waals surface area (Å²) in [5, 5.41) is 14.0. The maximum Gasteiger partial charge on any atom is 0.0991 e. The zero-order valence-electron chi connectivity index (χ0n) is 10.4. The Kier molecular flexibility index (Phi) is 2.56. The molecule has 94 valence electrons. The lowest BCUT2D eigenvalue weighted by Crippen LogP contribution is -1.75. The molecule has 0 aliphatic carbocycles. The summed E-state index contributed by atoms with van der Waals surface area (Å²) in [4.78, 5) is 0. The Balaban J connectivity index is 2.23. The zero-order chi connectivity index (χ0) is 13.7. The third-order valence-corrected chi connectivity index (χ3v) is 5.26. The first-order chi connectivity index (χ1) is 9.76. The molecule has 0 amide bonds. The van der Waals surface area contributed by atoms with Crippen LogP contribution >= 0.6 is 27.3 Å². The fourth-order valence-corrected chi connectivity index (χ4v) is 4.17. The normalized spacial score (nSPS) is 11.2. The number of thiophene rings is 1. The summed E-state index contributed by atoms with van der Waals surface area (Å²) in [5.74, 6) is 0. The minimum Gasteiger partial charge on any atom is -0.192 e. The van der Waals surface area contributed by atoms with Gasteiger partial charge in [-0.2, -0.15) is 5.26 Å². The summed E-state index contributed by atoms with van der Waals surface area (Å²) in [6.07, 6.45) is 0. The number of halogens is 1. The van der Waals surface area contributed by atoms with Crippen LogP contribution in [-0.2, 0) is 0 Å². The third-order valence-electron chi connectivity index (χ3n) is 3.55. The smallest absolute Gasteiger partial charge is 0.0991 e. The van der Waals surface area contributed by atoms with Crippen molar-refractivity contribution in [2.75, 3.05) is 0 Å². The van der Waals surface area contributed by atoms with Crippen molar-refractivity contribution in [1.82, 2.24) is 0 Å². The maximum absolute atomic E-state index is 9.06. The van der Waals surface area contributed by atoms with Gasteiger partial charge >= 0.3 is 0 Å². The Morgan fingerprint density at radius 2 is 1.75 bits per heavy atom. The van der Waals surface area contributed by atoms with Crippen LogP contribution in [-0.4, -0.2) is 0 Å². The van der Waals surface area contributed by atoms with Crippen molar-refractivity contribution in [2.45, 2.75) is 0 Å². The molecule has 1 heterocycles. The topological polar surface area (TPSA) is 23.8 Å². The molecule has 4 rings (SSSR count). The lowest BCUT2D eigenvalue weighted by atomic mass is 10.1. The van der Waals surface area contributed by atoms with Gasteiger partial charge in [0, 0.05) is 30.0 Å². The standard InChI is InChI=1S/C17H8BrNS/c18-12-4-2-11-3-5-13-15-7-10(9-19)1-6-16(15)20-17(13)14(11)8-12/h1-8H. The first kappa shape index (κ1) is 11.9. The molecule has 0 aliphatic rings. The second-order valence-electron chi connectivity index (χ2n) is 4.73. The van der Waals surface area contributed by atoms with Crippen LogP contribution in [0.5, 0.6) is 0 Å². The third kappa shape index (κ3) is 1.66. The van der Waals surface area contributed by atoms with Crippen molar-refractivity contribution in [1.29, 1.82) is 5.26 Å². The van der Waals surface area contributed by atoms with Gasteiger partial charge in [-0.1, -0.05) is 34.1 Å². The largest absolute Gasteiger partial charge is 0.192 e. The van der Waals surface area contributed by atoms with E-state index in [1.807, 2.05) is 18.2 Å². The molecular weight excluding hydrogens is 330 g/mol. The van der Waals surface area contributed by atoms with Crippen LogP contribution in [0.3, 0.4) is 0 Å². The molecule has 1 aromatic heterocycles. The highest BCUT2D eigenvalue weighted by Crippen LogP contribution is 2.39. The number of nitriles is 1. The minimum absolute atomic E-state index is 0.714. The van der Waals surface area contributed by atoms with Crippen molar-refractivity contribution < 1.29 is 0 Å². The summed E-state index contributed by atoms with van der Waals surface area (Å²) in [6.45, 7) is 0. The number of benzene rings is 3. The van der Waals surface area contributed by atoms with E-state index in [2.05, 4.69) is 52.3 Å². The molecule has 3 heteroatoms. The number of nitrogens with zero attached hydrogens (tertiary/aromatic N) is 1. The quantitative estimate of drug-likeness (QED) is 0.395. The highest BCUT2D eigenvalue weighted by Gasteiger charge is 2.09. The van der Waals surface area contributed by atoms with Gasteiger partial charge < -0.3 is 0 Å². The molecule has 0 aliphatic heterocycles. The van der Waals surface area contributed by atoms with Crippen molar-refractivity contribution in [3.8, 4) is 6.07 Å². The molecule has 0 bridgehead atoms. The van der Waals surface area contributed by atoms with E-state index in [4.69, 9.17) is 5.26 Å². The van der Waals surface area contributed by atoms with Gasteiger partial charge in [-0.25, -0.2) is 0 Å². The predicted molar refractivity (Wildman–Crippen MR) is 89.3 cm³/mol. The predicted octanol–water partition coefficient (Wildman–Crippen LogP) is 5.84. The van der Waals surface area contributed by atoms with Crippen molar-refractivity contribution in [2.24, 2.45) is 0 Å². The second kappa shape index (κ2) is 4.31. The van der Waals surface area contributed by atoms with Crippen LogP contribution in [0.4, 0.5) is 0 Å². The SMILES string of the molecule is N#Cc1ccc2sc3c4cc(Br)ccc4ccc3c2c1. The van der Waals surface area contributed by atoms with Crippen molar-refractivity contribution >= 4 is 58.2 Å². The fraction of sp³-hybridized carbons (Fsp3) is 0. The highest BCUT2D eigenvalue weighted by molar-refractivity contribution is 9.10. The molecule has 0 saturated carbocycles. The van der Waals surface area contributed by atoms with Crippen molar-refractivity contribution in [3.05, 3.63) is 58.6 Å². The van der Waals surface area contributed by atoms with Gasteiger partial charge in [-0.3, -0.25) is 0 Å². The van der Waals surface area contributed by atoms with Gasteiger partial charge in [0.1, 0.15) is 0 Å². The first-order valence-electron chi connectivity index (χ1n) is 6.21. The maximum atomic E-state index is 9.06. The molecule has 0 spiro atoms. The van der Waals surface area contributed by atoms with E-state index in [0.29, 0.717) is 5.56 Å². The Bertz CT molecular complexity index is 1020. The molecule has 0 N–H and O–H groups in total. The molecule has 0 radical (unpaired) electrons. The van der Waals surface area contributed by atoms with Gasteiger partial charge in [0.2, 0.25) is 0 Å². The Hall–Kier alpha value is -1.89. The molecule has 1 nitrogen and oxygen atoms in total. The lowest BCUT2D eigenvalue weighted by molar-refractivity contribution is 1.50. The van der Waals surface area contributed by atoms with Crippen LogP contribution in [0.25, 0.3) is 30.9 Å². The summed E-state index contributed by atoms with van der Waals surface area (Å²) in [5.41, 5.74) is 0.714. The monoisotopic (exact) mass is 337 g/mol. The van der Waals surface area contributed by atoms with Crippen molar-refractivity contribution in [3.63, 3.8) is 0 Å². The van der Waals surface area contributed by atoms with Crippen LogP contribution in [0.15, 0.2) is 53.0 Å². The van der Waals surface area contributed by atoms with Gasteiger partial charge in [0.25, 0.3) is 0 Å². The van der Waals surface area contributed by atoms with Crippen LogP contribution < -0.4 is 0 Å².